The first kappa shape index (κ1) is 14.3. The molecule has 0 unspecified atom stereocenters. The number of pyridine rings is 1. The summed E-state index contributed by atoms with van der Waals surface area (Å²) in [6.07, 6.45) is -3.12. The SMILES string of the molecule is COc1ncc(CO)cc1-c1ccccc1C(F)(F)F. The fourth-order valence-electron chi connectivity index (χ4n) is 1.90. The molecule has 0 saturated carbocycles. The second-order valence-corrected chi connectivity index (χ2v) is 4.10. The van der Waals surface area contributed by atoms with E-state index in [0.29, 0.717) is 5.56 Å². The molecule has 20 heavy (non-hydrogen) atoms. The van der Waals surface area contributed by atoms with E-state index in [9.17, 15) is 13.2 Å². The molecule has 0 aliphatic carbocycles. The third-order valence-electron chi connectivity index (χ3n) is 2.81. The van der Waals surface area contributed by atoms with Crippen molar-refractivity contribution in [1.82, 2.24) is 4.98 Å². The maximum atomic E-state index is 13.0. The number of aromatic nitrogens is 1. The molecular weight excluding hydrogens is 271 g/mol. The number of methoxy groups -OCH3 is 1. The highest BCUT2D eigenvalue weighted by atomic mass is 19.4. The van der Waals surface area contributed by atoms with Gasteiger partial charge in [-0.15, -0.1) is 0 Å². The number of aliphatic hydroxyl groups is 1. The van der Waals surface area contributed by atoms with Gasteiger partial charge in [0.05, 0.1) is 19.3 Å². The summed E-state index contributed by atoms with van der Waals surface area (Å²) in [5, 5.41) is 9.10. The van der Waals surface area contributed by atoms with Gasteiger partial charge in [0.1, 0.15) is 0 Å². The fraction of sp³-hybridized carbons (Fsp3) is 0.214. The van der Waals surface area contributed by atoms with Gasteiger partial charge in [-0.25, -0.2) is 4.98 Å². The number of alkyl halides is 3. The Morgan fingerprint density at radius 1 is 1.20 bits per heavy atom. The molecule has 0 amide bonds. The van der Waals surface area contributed by atoms with Crippen LogP contribution in [0.4, 0.5) is 13.2 Å². The standard InChI is InChI=1S/C14H12F3NO2/c1-20-13-11(6-9(8-19)7-18-13)10-4-2-3-5-12(10)14(15,16)17/h2-7,19H,8H2,1H3. The van der Waals surface area contributed by atoms with E-state index in [1.165, 1.54) is 37.6 Å². The Balaban J connectivity index is 2.68. The van der Waals surface area contributed by atoms with Crippen LogP contribution in [-0.4, -0.2) is 17.2 Å². The molecular formula is C14H12F3NO2. The number of ether oxygens (including phenoxy) is 1. The van der Waals surface area contributed by atoms with Gasteiger partial charge in [0.25, 0.3) is 0 Å². The van der Waals surface area contributed by atoms with E-state index in [0.717, 1.165) is 6.07 Å². The minimum Gasteiger partial charge on any atom is -0.481 e. The average molecular weight is 283 g/mol. The van der Waals surface area contributed by atoms with E-state index in [4.69, 9.17) is 9.84 Å². The van der Waals surface area contributed by atoms with Crippen molar-refractivity contribution in [3.8, 4) is 17.0 Å². The van der Waals surface area contributed by atoms with E-state index >= 15 is 0 Å². The first-order chi connectivity index (χ1) is 9.47. The van der Waals surface area contributed by atoms with Gasteiger partial charge in [-0.3, -0.25) is 0 Å². The highest BCUT2D eigenvalue weighted by Gasteiger charge is 2.34. The normalized spacial score (nSPS) is 11.4. The van der Waals surface area contributed by atoms with Crippen LogP contribution < -0.4 is 4.74 Å². The molecule has 1 heterocycles. The van der Waals surface area contributed by atoms with Gasteiger partial charge in [-0.05, 0) is 23.3 Å². The number of hydrogen-bond acceptors (Lipinski definition) is 3. The van der Waals surface area contributed by atoms with E-state index in [1.54, 1.807) is 0 Å². The average Bonchev–Trinajstić information content (AvgIpc) is 2.45. The largest absolute Gasteiger partial charge is 0.481 e. The van der Waals surface area contributed by atoms with Crippen molar-refractivity contribution in [2.45, 2.75) is 12.8 Å². The lowest BCUT2D eigenvalue weighted by molar-refractivity contribution is -0.137. The molecule has 2 aromatic rings. The van der Waals surface area contributed by atoms with Crippen molar-refractivity contribution in [2.24, 2.45) is 0 Å². The summed E-state index contributed by atoms with van der Waals surface area (Å²) >= 11 is 0. The van der Waals surface area contributed by atoms with Gasteiger partial charge >= 0.3 is 6.18 Å². The lowest BCUT2D eigenvalue weighted by Crippen LogP contribution is -2.07. The smallest absolute Gasteiger partial charge is 0.417 e. The summed E-state index contributed by atoms with van der Waals surface area (Å²) in [5.41, 5.74) is -0.181. The van der Waals surface area contributed by atoms with Crippen LogP contribution in [0, 0.1) is 0 Å². The second-order valence-electron chi connectivity index (χ2n) is 4.10. The molecule has 0 saturated heterocycles. The van der Waals surface area contributed by atoms with E-state index in [-0.39, 0.29) is 23.6 Å². The summed E-state index contributed by atoms with van der Waals surface area (Å²) in [6.45, 7) is -0.307. The van der Waals surface area contributed by atoms with Crippen molar-refractivity contribution in [2.75, 3.05) is 7.11 Å². The van der Waals surface area contributed by atoms with Crippen LogP contribution in [0.2, 0.25) is 0 Å². The summed E-state index contributed by atoms with van der Waals surface area (Å²) in [6, 6.07) is 6.62. The Hall–Kier alpha value is -2.08. The first-order valence-electron chi connectivity index (χ1n) is 5.77. The van der Waals surface area contributed by atoms with Crippen molar-refractivity contribution in [3.63, 3.8) is 0 Å². The van der Waals surface area contributed by atoms with Crippen LogP contribution in [-0.2, 0) is 12.8 Å². The van der Waals surface area contributed by atoms with Crippen LogP contribution in [0.5, 0.6) is 5.88 Å². The maximum Gasteiger partial charge on any atom is 0.417 e. The van der Waals surface area contributed by atoms with Crippen molar-refractivity contribution < 1.29 is 23.0 Å². The monoisotopic (exact) mass is 283 g/mol. The van der Waals surface area contributed by atoms with Crippen LogP contribution >= 0.6 is 0 Å². The summed E-state index contributed by atoms with van der Waals surface area (Å²) < 4.78 is 44.1. The Kier molecular flexibility index (Phi) is 3.94. The molecule has 1 aromatic carbocycles. The molecule has 1 aromatic heterocycles. The zero-order chi connectivity index (χ0) is 14.8. The third kappa shape index (κ3) is 2.75. The maximum absolute atomic E-state index is 13.0. The van der Waals surface area contributed by atoms with E-state index < -0.39 is 11.7 Å². The number of benzene rings is 1. The number of rotatable bonds is 3. The summed E-state index contributed by atoms with van der Waals surface area (Å²) in [4.78, 5) is 3.92. The molecule has 0 fully saturated rings. The fourth-order valence-corrected chi connectivity index (χ4v) is 1.90. The molecule has 2 rings (SSSR count). The number of halogens is 3. The molecule has 106 valence electrons. The third-order valence-corrected chi connectivity index (χ3v) is 2.81. The molecule has 0 bridgehead atoms. The lowest BCUT2D eigenvalue weighted by atomic mass is 9.99. The highest BCUT2D eigenvalue weighted by molar-refractivity contribution is 5.72. The zero-order valence-electron chi connectivity index (χ0n) is 10.6. The first-order valence-corrected chi connectivity index (χ1v) is 5.77. The second kappa shape index (κ2) is 5.50. The molecule has 0 spiro atoms. The number of hydrogen-bond donors (Lipinski definition) is 1. The topological polar surface area (TPSA) is 42.4 Å². The molecule has 3 nitrogen and oxygen atoms in total. The molecule has 1 N–H and O–H groups in total. The predicted molar refractivity (Wildman–Crippen MR) is 67.1 cm³/mol. The zero-order valence-corrected chi connectivity index (χ0v) is 10.6. The van der Waals surface area contributed by atoms with E-state index in [2.05, 4.69) is 4.98 Å². The van der Waals surface area contributed by atoms with Gasteiger partial charge in [0.2, 0.25) is 5.88 Å². The molecule has 0 atom stereocenters. The Labute approximate surface area is 113 Å². The van der Waals surface area contributed by atoms with Gasteiger partial charge in [-0.1, -0.05) is 18.2 Å². The summed E-state index contributed by atoms with van der Waals surface area (Å²) in [7, 11) is 1.33. The molecule has 0 aliphatic rings. The van der Waals surface area contributed by atoms with Crippen molar-refractivity contribution in [3.05, 3.63) is 47.7 Å². The number of aliphatic hydroxyl groups excluding tert-OH is 1. The van der Waals surface area contributed by atoms with Gasteiger partial charge in [0, 0.05) is 11.8 Å². The van der Waals surface area contributed by atoms with E-state index in [1.807, 2.05) is 0 Å². The van der Waals surface area contributed by atoms with Crippen molar-refractivity contribution >= 4 is 0 Å². The van der Waals surface area contributed by atoms with Crippen LogP contribution in [0.25, 0.3) is 11.1 Å². The van der Waals surface area contributed by atoms with Gasteiger partial charge < -0.3 is 9.84 Å². The van der Waals surface area contributed by atoms with Crippen LogP contribution in [0.3, 0.4) is 0 Å². The minimum absolute atomic E-state index is 0.0281. The van der Waals surface area contributed by atoms with Gasteiger partial charge in [0.15, 0.2) is 0 Å². The van der Waals surface area contributed by atoms with Crippen molar-refractivity contribution in [1.29, 1.82) is 0 Å². The predicted octanol–water partition coefficient (Wildman–Crippen LogP) is 3.27. The Morgan fingerprint density at radius 2 is 1.90 bits per heavy atom. The Bertz CT molecular complexity index is 612. The quantitative estimate of drug-likeness (QED) is 0.940. The Morgan fingerprint density at radius 3 is 2.50 bits per heavy atom. The molecule has 6 heteroatoms. The minimum atomic E-state index is -4.48. The molecule has 0 aliphatic heterocycles. The van der Waals surface area contributed by atoms with Crippen LogP contribution in [0.1, 0.15) is 11.1 Å². The number of nitrogens with zero attached hydrogens (tertiary/aromatic N) is 1. The summed E-state index contributed by atoms with van der Waals surface area (Å²) in [5.74, 6) is 0.0823. The highest BCUT2D eigenvalue weighted by Crippen LogP contribution is 2.39. The lowest BCUT2D eigenvalue weighted by Gasteiger charge is -2.15. The van der Waals surface area contributed by atoms with Gasteiger partial charge in [-0.2, -0.15) is 13.2 Å². The van der Waals surface area contributed by atoms with Crippen LogP contribution in [0.15, 0.2) is 36.5 Å². The molecule has 0 radical (unpaired) electrons.